The topological polar surface area (TPSA) is 90.9 Å². The molecule has 1 unspecified atom stereocenters. The number of ether oxygens (including phenoxy) is 3. The number of hydrogen-bond acceptors (Lipinski definition) is 6. The highest BCUT2D eigenvalue weighted by molar-refractivity contribution is 6.02. The van der Waals surface area contributed by atoms with Gasteiger partial charge in [-0.25, -0.2) is 0 Å². The van der Waals surface area contributed by atoms with Crippen molar-refractivity contribution in [2.75, 3.05) is 19.8 Å². The molecule has 2 rings (SSSR count). The number of carbonyl (C=O) groups excluding carboxylic acids is 3. The maximum Gasteiger partial charge on any atom is 0.326 e. The summed E-state index contributed by atoms with van der Waals surface area (Å²) in [6, 6.07) is 8.53. The van der Waals surface area contributed by atoms with E-state index in [0.29, 0.717) is 35.8 Å². The van der Waals surface area contributed by atoms with E-state index in [9.17, 15) is 14.4 Å². The molecule has 0 aliphatic rings. The Labute approximate surface area is 189 Å². The zero-order chi connectivity index (χ0) is 23.8. The molecule has 7 nitrogen and oxygen atoms in total. The fraction of sp³-hybridized carbons (Fsp3) is 0.400. The summed E-state index contributed by atoms with van der Waals surface area (Å²) in [5.41, 5.74) is 3.75. The van der Waals surface area contributed by atoms with Gasteiger partial charge in [0.2, 0.25) is 5.78 Å². The standard InChI is InChI=1S/C25H31NO6/c1-7-30-21-10-9-19(13-22(21)31-8-2)25(29)26-14-23(27)32-18(6)24(28)20-12-16(4)15(3)11-17(20)5/h9-13,18H,7-8,14H2,1-6H3,(H,26,29). The highest BCUT2D eigenvalue weighted by Crippen LogP contribution is 2.28. The average molecular weight is 442 g/mol. The number of rotatable bonds is 10. The van der Waals surface area contributed by atoms with E-state index < -0.39 is 18.0 Å². The fourth-order valence-corrected chi connectivity index (χ4v) is 3.18. The van der Waals surface area contributed by atoms with Gasteiger partial charge in [0.25, 0.3) is 5.91 Å². The predicted molar refractivity (Wildman–Crippen MR) is 122 cm³/mol. The molecular formula is C25H31NO6. The Bertz CT molecular complexity index is 998. The molecule has 0 heterocycles. The van der Waals surface area contributed by atoms with Crippen molar-refractivity contribution in [2.24, 2.45) is 0 Å². The Kier molecular flexibility index (Phi) is 8.81. The minimum absolute atomic E-state index is 0.279. The van der Waals surface area contributed by atoms with Crippen molar-refractivity contribution in [3.63, 3.8) is 0 Å². The molecule has 0 saturated heterocycles. The minimum Gasteiger partial charge on any atom is -0.490 e. The van der Waals surface area contributed by atoms with Crippen LogP contribution in [0, 0.1) is 20.8 Å². The fourth-order valence-electron chi connectivity index (χ4n) is 3.18. The molecular weight excluding hydrogens is 410 g/mol. The predicted octanol–water partition coefficient (Wildman–Crippen LogP) is 3.95. The van der Waals surface area contributed by atoms with E-state index in [2.05, 4.69) is 5.32 Å². The van der Waals surface area contributed by atoms with Crippen molar-refractivity contribution in [2.45, 2.75) is 47.6 Å². The number of aryl methyl sites for hydroxylation is 3. The maximum atomic E-state index is 12.7. The number of Topliss-reactive ketones (excluding diaryl/α,β-unsaturated/α-hetero) is 1. The van der Waals surface area contributed by atoms with E-state index >= 15 is 0 Å². The first-order chi connectivity index (χ1) is 15.2. The van der Waals surface area contributed by atoms with Gasteiger partial charge in [-0.15, -0.1) is 0 Å². The molecule has 0 aliphatic heterocycles. The van der Waals surface area contributed by atoms with Gasteiger partial charge in [-0.1, -0.05) is 6.07 Å². The van der Waals surface area contributed by atoms with Crippen molar-refractivity contribution in [1.29, 1.82) is 0 Å². The zero-order valence-electron chi connectivity index (χ0n) is 19.5. The first kappa shape index (κ1) is 24.9. The quantitative estimate of drug-likeness (QED) is 0.443. The molecule has 2 aromatic carbocycles. The SMILES string of the molecule is CCOc1ccc(C(=O)NCC(=O)OC(C)C(=O)c2cc(C)c(C)cc2C)cc1OCC. The van der Waals surface area contributed by atoms with Crippen LogP contribution in [0.3, 0.4) is 0 Å². The Morgan fingerprint density at radius 2 is 1.50 bits per heavy atom. The smallest absolute Gasteiger partial charge is 0.326 e. The van der Waals surface area contributed by atoms with Gasteiger partial charge in [-0.2, -0.15) is 0 Å². The number of hydrogen-bond donors (Lipinski definition) is 1. The van der Waals surface area contributed by atoms with Crippen LogP contribution in [0.25, 0.3) is 0 Å². The van der Waals surface area contributed by atoms with Crippen LogP contribution in [-0.2, 0) is 9.53 Å². The summed E-state index contributed by atoms with van der Waals surface area (Å²) in [5.74, 6) is -0.448. The number of ketones is 1. The number of nitrogens with one attached hydrogen (secondary N) is 1. The van der Waals surface area contributed by atoms with Crippen molar-refractivity contribution in [1.82, 2.24) is 5.32 Å². The van der Waals surface area contributed by atoms with Gasteiger partial charge in [-0.05, 0) is 82.5 Å². The van der Waals surface area contributed by atoms with Gasteiger partial charge in [-0.3, -0.25) is 14.4 Å². The lowest BCUT2D eigenvalue weighted by Gasteiger charge is -2.15. The number of amides is 1. The van der Waals surface area contributed by atoms with E-state index in [1.807, 2.05) is 40.7 Å². The van der Waals surface area contributed by atoms with Crippen molar-refractivity contribution in [3.05, 3.63) is 58.1 Å². The molecule has 2 aromatic rings. The van der Waals surface area contributed by atoms with Crippen molar-refractivity contribution >= 4 is 17.7 Å². The summed E-state index contributed by atoms with van der Waals surface area (Å²) in [6.45, 7) is 11.5. The van der Waals surface area contributed by atoms with E-state index in [1.54, 1.807) is 24.3 Å². The maximum absolute atomic E-state index is 12.7. The van der Waals surface area contributed by atoms with Crippen LogP contribution in [0.4, 0.5) is 0 Å². The van der Waals surface area contributed by atoms with Gasteiger partial charge in [0.15, 0.2) is 17.6 Å². The summed E-state index contributed by atoms with van der Waals surface area (Å²) >= 11 is 0. The molecule has 0 aromatic heterocycles. The molecule has 1 amide bonds. The molecule has 0 bridgehead atoms. The van der Waals surface area contributed by atoms with Crippen LogP contribution < -0.4 is 14.8 Å². The normalized spacial score (nSPS) is 11.4. The van der Waals surface area contributed by atoms with E-state index in [4.69, 9.17) is 14.2 Å². The summed E-state index contributed by atoms with van der Waals surface area (Å²) in [7, 11) is 0. The van der Waals surface area contributed by atoms with Gasteiger partial charge >= 0.3 is 5.97 Å². The monoisotopic (exact) mass is 441 g/mol. The number of esters is 1. The first-order valence-electron chi connectivity index (χ1n) is 10.7. The lowest BCUT2D eigenvalue weighted by Crippen LogP contribution is -2.34. The third-order valence-electron chi connectivity index (χ3n) is 4.98. The second-order valence-corrected chi connectivity index (χ2v) is 7.46. The van der Waals surface area contributed by atoms with Gasteiger partial charge in [0.1, 0.15) is 6.54 Å². The van der Waals surface area contributed by atoms with Crippen LogP contribution in [0.5, 0.6) is 11.5 Å². The third-order valence-corrected chi connectivity index (χ3v) is 4.98. The Balaban J connectivity index is 1.97. The Hall–Kier alpha value is -3.35. The molecule has 1 N–H and O–H groups in total. The lowest BCUT2D eigenvalue weighted by molar-refractivity contribution is -0.145. The summed E-state index contributed by atoms with van der Waals surface area (Å²) < 4.78 is 16.2. The molecule has 32 heavy (non-hydrogen) atoms. The molecule has 0 saturated carbocycles. The van der Waals surface area contributed by atoms with E-state index in [0.717, 1.165) is 16.7 Å². The molecule has 0 radical (unpaired) electrons. The van der Waals surface area contributed by atoms with Crippen molar-refractivity contribution in [3.8, 4) is 11.5 Å². The minimum atomic E-state index is -0.963. The molecule has 0 aliphatic carbocycles. The van der Waals surface area contributed by atoms with Gasteiger partial charge < -0.3 is 19.5 Å². The summed E-state index contributed by atoms with van der Waals surface area (Å²) in [6.07, 6.45) is -0.963. The van der Waals surface area contributed by atoms with E-state index in [-0.39, 0.29) is 12.3 Å². The van der Waals surface area contributed by atoms with Gasteiger partial charge in [0.05, 0.1) is 13.2 Å². The highest BCUT2D eigenvalue weighted by Gasteiger charge is 2.22. The number of benzene rings is 2. The Morgan fingerprint density at radius 1 is 0.875 bits per heavy atom. The van der Waals surface area contributed by atoms with E-state index in [1.165, 1.54) is 6.92 Å². The molecule has 0 fully saturated rings. The molecule has 1 atom stereocenters. The first-order valence-corrected chi connectivity index (χ1v) is 10.7. The molecule has 7 heteroatoms. The van der Waals surface area contributed by atoms with Crippen LogP contribution >= 0.6 is 0 Å². The van der Waals surface area contributed by atoms with Crippen LogP contribution in [0.2, 0.25) is 0 Å². The molecule has 0 spiro atoms. The lowest BCUT2D eigenvalue weighted by atomic mass is 9.96. The summed E-state index contributed by atoms with van der Waals surface area (Å²) in [5, 5.41) is 2.51. The number of carbonyl (C=O) groups is 3. The highest BCUT2D eigenvalue weighted by atomic mass is 16.5. The summed E-state index contributed by atoms with van der Waals surface area (Å²) in [4.78, 5) is 37.4. The zero-order valence-corrected chi connectivity index (χ0v) is 19.5. The van der Waals surface area contributed by atoms with Crippen LogP contribution in [-0.4, -0.2) is 43.5 Å². The second kappa shape index (κ2) is 11.3. The second-order valence-electron chi connectivity index (χ2n) is 7.46. The van der Waals surface area contributed by atoms with Crippen molar-refractivity contribution < 1.29 is 28.6 Å². The largest absolute Gasteiger partial charge is 0.490 e. The van der Waals surface area contributed by atoms with Gasteiger partial charge in [0, 0.05) is 11.1 Å². The third kappa shape index (κ3) is 6.33. The Morgan fingerprint density at radius 3 is 2.16 bits per heavy atom. The van der Waals surface area contributed by atoms with Crippen LogP contribution in [0.15, 0.2) is 30.3 Å². The average Bonchev–Trinajstić information content (AvgIpc) is 2.75. The van der Waals surface area contributed by atoms with Crippen LogP contribution in [0.1, 0.15) is 58.2 Å². The molecule has 172 valence electrons.